The number of benzene rings is 1. The maximum atomic E-state index is 14.3. The van der Waals surface area contributed by atoms with Gasteiger partial charge in [-0.1, -0.05) is 0 Å². The van der Waals surface area contributed by atoms with Crippen LogP contribution in [0.5, 0.6) is 0 Å². The number of carbonyl (C=O) groups is 1. The Bertz CT molecular complexity index is 875. The number of nitrogens with zero attached hydrogens (tertiary/aromatic N) is 2. The molecule has 0 amide bonds. The summed E-state index contributed by atoms with van der Waals surface area (Å²) in [5.41, 5.74) is 1.34. The third kappa shape index (κ3) is 2.63. The van der Waals surface area contributed by atoms with Crippen molar-refractivity contribution >= 4 is 34.1 Å². The maximum Gasteiger partial charge on any atom is 0.309 e. The minimum absolute atomic E-state index is 0.0152. The van der Waals surface area contributed by atoms with E-state index in [1.165, 1.54) is 12.1 Å². The first kappa shape index (κ1) is 16.3. The van der Waals surface area contributed by atoms with Crippen molar-refractivity contribution in [1.29, 1.82) is 0 Å². The summed E-state index contributed by atoms with van der Waals surface area (Å²) in [6.07, 6.45) is 0.191. The molecule has 1 N–H and O–H groups in total. The van der Waals surface area contributed by atoms with Crippen molar-refractivity contribution < 1.29 is 18.7 Å². The molecule has 0 saturated heterocycles. The van der Waals surface area contributed by atoms with Crippen LogP contribution < -0.4 is 0 Å². The Morgan fingerprint density at radius 1 is 1.48 bits per heavy atom. The van der Waals surface area contributed by atoms with E-state index in [2.05, 4.69) is 15.9 Å². The smallest absolute Gasteiger partial charge is 0.309 e. The monoisotopic (exact) mass is 402 g/mol. The number of hydrogen-bond acceptors (Lipinski definition) is 2. The molecule has 2 heterocycles. The van der Waals surface area contributed by atoms with Gasteiger partial charge in [0.15, 0.2) is 4.77 Å². The predicted molar refractivity (Wildman–Crippen MR) is 86.1 cm³/mol. The molecule has 0 spiro atoms. The molecule has 1 aromatic carbocycles. The Kier molecular flexibility index (Phi) is 4.14. The summed E-state index contributed by atoms with van der Waals surface area (Å²) in [6.45, 7) is 0.339. The van der Waals surface area contributed by atoms with E-state index >= 15 is 0 Å². The lowest BCUT2D eigenvalue weighted by Crippen LogP contribution is -2.11. The number of rotatable bonds is 3. The highest BCUT2D eigenvalue weighted by Crippen LogP contribution is 2.37. The van der Waals surface area contributed by atoms with E-state index in [9.17, 15) is 13.6 Å². The van der Waals surface area contributed by atoms with Gasteiger partial charge in [-0.25, -0.2) is 8.78 Å². The molecule has 1 aromatic heterocycles. The number of carboxylic acid groups (broad SMARTS) is 1. The van der Waals surface area contributed by atoms with Gasteiger partial charge in [0.1, 0.15) is 11.6 Å². The lowest BCUT2D eigenvalue weighted by molar-refractivity contribution is -0.136. The van der Waals surface area contributed by atoms with Crippen LogP contribution in [0.2, 0.25) is 0 Å². The predicted octanol–water partition coefficient (Wildman–Crippen LogP) is 3.56. The Balaban J connectivity index is 2.05. The van der Waals surface area contributed by atoms with Crippen molar-refractivity contribution in [3.63, 3.8) is 0 Å². The molecule has 0 radical (unpaired) electrons. The first-order chi connectivity index (χ1) is 10.8. The van der Waals surface area contributed by atoms with E-state index < -0.39 is 23.5 Å². The van der Waals surface area contributed by atoms with Crippen molar-refractivity contribution in [3.05, 3.63) is 50.0 Å². The molecule has 1 aliphatic heterocycles. The quantitative estimate of drug-likeness (QED) is 0.630. The van der Waals surface area contributed by atoms with Crippen LogP contribution in [0.1, 0.15) is 22.9 Å². The highest BCUT2D eigenvalue weighted by molar-refractivity contribution is 9.10. The van der Waals surface area contributed by atoms with Gasteiger partial charge in [-0.3, -0.25) is 4.79 Å². The first-order valence-corrected chi connectivity index (χ1v) is 8.13. The van der Waals surface area contributed by atoms with Crippen LogP contribution in [-0.2, 0) is 31.2 Å². The summed E-state index contributed by atoms with van der Waals surface area (Å²) in [5.74, 6) is -2.59. The van der Waals surface area contributed by atoms with Gasteiger partial charge in [0.05, 0.1) is 16.6 Å². The second kappa shape index (κ2) is 5.83. The van der Waals surface area contributed by atoms with Crippen LogP contribution in [0.3, 0.4) is 0 Å². The van der Waals surface area contributed by atoms with Crippen molar-refractivity contribution in [2.75, 3.05) is 0 Å². The van der Waals surface area contributed by atoms with Crippen LogP contribution in [-0.4, -0.2) is 20.2 Å². The topological polar surface area (TPSA) is 47.2 Å². The fraction of sp³-hybridized carbons (Fsp3) is 0.333. The van der Waals surface area contributed by atoms with Crippen LogP contribution in [0, 0.1) is 16.4 Å². The molecule has 0 unspecified atom stereocenters. The lowest BCUT2D eigenvalue weighted by atomic mass is 9.95. The fourth-order valence-corrected chi connectivity index (χ4v) is 3.81. The van der Waals surface area contributed by atoms with Crippen LogP contribution in [0.4, 0.5) is 8.78 Å². The second-order valence-electron chi connectivity index (χ2n) is 5.57. The third-order valence-corrected chi connectivity index (χ3v) is 5.34. The summed E-state index contributed by atoms with van der Waals surface area (Å²) in [5, 5.41) is 9.06. The van der Waals surface area contributed by atoms with Gasteiger partial charge in [-0.2, -0.15) is 0 Å². The second-order valence-corrected chi connectivity index (χ2v) is 6.79. The molecule has 2 aromatic rings. The molecule has 8 heteroatoms. The minimum atomic E-state index is -0.965. The molecule has 122 valence electrons. The molecule has 0 saturated carbocycles. The van der Waals surface area contributed by atoms with Gasteiger partial charge in [0.2, 0.25) is 0 Å². The molecule has 0 fully saturated rings. The maximum absolute atomic E-state index is 14.3. The van der Waals surface area contributed by atoms with Crippen molar-refractivity contribution in [3.8, 4) is 0 Å². The Morgan fingerprint density at radius 3 is 2.83 bits per heavy atom. The zero-order valence-corrected chi connectivity index (χ0v) is 14.5. The fourth-order valence-electron chi connectivity index (χ4n) is 3.17. The van der Waals surface area contributed by atoms with Gasteiger partial charge in [-0.15, -0.1) is 0 Å². The van der Waals surface area contributed by atoms with Crippen LogP contribution >= 0.6 is 28.1 Å². The minimum Gasteiger partial charge on any atom is -0.481 e. The van der Waals surface area contributed by atoms with Crippen LogP contribution in [0.15, 0.2) is 16.6 Å². The highest BCUT2D eigenvalue weighted by atomic mass is 79.9. The Hall–Kier alpha value is -1.54. The molecule has 23 heavy (non-hydrogen) atoms. The Morgan fingerprint density at radius 2 is 2.17 bits per heavy atom. The summed E-state index contributed by atoms with van der Waals surface area (Å²) >= 11 is 8.40. The number of imidazole rings is 1. The SMILES string of the molecule is Cn1c(CC(=O)O)c2n(c1=S)C[C@H](c1c(F)ccc(Br)c1F)C2. The number of halogens is 3. The van der Waals surface area contributed by atoms with Gasteiger partial charge < -0.3 is 14.2 Å². The van der Waals surface area contributed by atoms with E-state index in [1.54, 1.807) is 16.2 Å². The molecular weight excluding hydrogens is 390 g/mol. The number of aliphatic carboxylic acids is 1. The van der Waals surface area contributed by atoms with E-state index in [0.717, 1.165) is 5.69 Å². The summed E-state index contributed by atoms with van der Waals surface area (Å²) in [4.78, 5) is 11.1. The molecule has 1 aliphatic rings. The number of hydrogen-bond donors (Lipinski definition) is 1. The number of carboxylic acids is 1. The first-order valence-electron chi connectivity index (χ1n) is 6.93. The van der Waals surface area contributed by atoms with Crippen LogP contribution in [0.25, 0.3) is 0 Å². The number of fused-ring (bicyclic) bond motifs is 1. The molecule has 0 aliphatic carbocycles. The Labute approximate surface area is 144 Å². The standard InChI is InChI=1S/C15H13BrF2N2O2S/c1-19-10(5-12(21)22)11-4-7(6-20(11)15(19)23)13-9(17)3-2-8(16)14(13)18/h2-3,7H,4-6H2,1H3,(H,21,22)/t7-/m1/s1. The van der Waals surface area contributed by atoms with Crippen molar-refractivity contribution in [2.45, 2.75) is 25.3 Å². The zero-order valence-electron chi connectivity index (χ0n) is 12.1. The molecule has 0 bridgehead atoms. The zero-order chi connectivity index (χ0) is 16.9. The molecule has 4 nitrogen and oxygen atoms in total. The average Bonchev–Trinajstić information content (AvgIpc) is 2.99. The summed E-state index contributed by atoms with van der Waals surface area (Å²) in [6, 6.07) is 2.56. The average molecular weight is 403 g/mol. The number of aromatic nitrogens is 2. The lowest BCUT2D eigenvalue weighted by Gasteiger charge is -2.13. The van der Waals surface area contributed by atoms with Crippen molar-refractivity contribution in [1.82, 2.24) is 9.13 Å². The highest BCUT2D eigenvalue weighted by Gasteiger charge is 2.32. The van der Waals surface area contributed by atoms with Gasteiger partial charge in [-0.05, 0) is 46.7 Å². The van der Waals surface area contributed by atoms with E-state index in [4.69, 9.17) is 17.3 Å². The van der Waals surface area contributed by atoms with Gasteiger partial charge in [0.25, 0.3) is 0 Å². The van der Waals surface area contributed by atoms with E-state index in [1.807, 2.05) is 0 Å². The molecule has 3 rings (SSSR count). The summed E-state index contributed by atoms with van der Waals surface area (Å²) < 4.78 is 32.5. The van der Waals surface area contributed by atoms with Gasteiger partial charge >= 0.3 is 5.97 Å². The van der Waals surface area contributed by atoms with Gasteiger partial charge in [0, 0.05) is 30.8 Å². The third-order valence-electron chi connectivity index (χ3n) is 4.23. The molecule has 1 atom stereocenters. The van der Waals surface area contributed by atoms with E-state index in [0.29, 0.717) is 23.4 Å². The molecular formula is C15H13BrF2N2O2S. The van der Waals surface area contributed by atoms with E-state index in [-0.39, 0.29) is 16.5 Å². The normalized spacial score (nSPS) is 16.6. The van der Waals surface area contributed by atoms with Crippen molar-refractivity contribution in [2.24, 2.45) is 7.05 Å². The largest absolute Gasteiger partial charge is 0.481 e. The summed E-state index contributed by atoms with van der Waals surface area (Å²) in [7, 11) is 1.71.